The van der Waals surface area contributed by atoms with Gasteiger partial charge < -0.3 is 9.47 Å². The van der Waals surface area contributed by atoms with E-state index in [1.165, 1.54) is 0 Å². The lowest BCUT2D eigenvalue weighted by Crippen LogP contribution is -2.14. The lowest BCUT2D eigenvalue weighted by Gasteiger charge is -2.12. The van der Waals surface area contributed by atoms with E-state index in [2.05, 4.69) is 6.07 Å². The molecule has 0 unspecified atom stereocenters. The Morgan fingerprint density at radius 1 is 0.720 bits per heavy atom. The molecule has 0 aromatic heterocycles. The first-order valence-electron chi connectivity index (χ1n) is 8.08. The van der Waals surface area contributed by atoms with E-state index >= 15 is 0 Å². The predicted molar refractivity (Wildman–Crippen MR) is 99.3 cm³/mol. The zero-order chi connectivity index (χ0) is 17.2. The van der Waals surface area contributed by atoms with E-state index in [0.717, 1.165) is 27.1 Å². The largest absolute Gasteiger partial charge is 0.519 e. The molecule has 0 saturated heterocycles. The zero-order valence-corrected chi connectivity index (χ0v) is 13.7. The maximum Gasteiger partial charge on any atom is 0.519 e. The van der Waals surface area contributed by atoms with Crippen LogP contribution in [0.15, 0.2) is 78.9 Å². The molecule has 0 aliphatic heterocycles. The van der Waals surface area contributed by atoms with Gasteiger partial charge in [0.05, 0.1) is 0 Å². The van der Waals surface area contributed by atoms with Crippen LogP contribution < -0.4 is 9.47 Å². The molecule has 0 saturated carbocycles. The molecule has 0 spiro atoms. The van der Waals surface area contributed by atoms with Gasteiger partial charge in [-0.2, -0.15) is 0 Å². The molecular weight excluding hydrogens is 312 g/mol. The van der Waals surface area contributed by atoms with Crippen LogP contribution in [0.4, 0.5) is 4.79 Å². The molecule has 122 valence electrons. The molecule has 0 atom stereocenters. The summed E-state index contributed by atoms with van der Waals surface area (Å²) in [6, 6.07) is 25.1. The summed E-state index contributed by atoms with van der Waals surface area (Å²) in [5.41, 5.74) is 0.877. The van der Waals surface area contributed by atoms with Crippen LogP contribution in [0.1, 0.15) is 5.56 Å². The summed E-state index contributed by atoms with van der Waals surface area (Å²) in [5, 5.41) is 3.78. The van der Waals surface area contributed by atoms with Gasteiger partial charge in [0.1, 0.15) is 11.5 Å². The highest BCUT2D eigenvalue weighted by Gasteiger charge is 2.15. The first-order chi connectivity index (χ1) is 12.2. The molecule has 0 amide bonds. The van der Waals surface area contributed by atoms with Crippen LogP contribution in [0, 0.1) is 6.92 Å². The Morgan fingerprint density at radius 2 is 1.28 bits per heavy atom. The van der Waals surface area contributed by atoms with Gasteiger partial charge in [-0.25, -0.2) is 4.79 Å². The summed E-state index contributed by atoms with van der Waals surface area (Å²) in [5.74, 6) is 1.02. The van der Waals surface area contributed by atoms with Crippen molar-refractivity contribution in [3.8, 4) is 11.5 Å². The fourth-order valence-electron chi connectivity index (χ4n) is 2.95. The fraction of sp³-hybridized carbons (Fsp3) is 0.0455. The first-order valence-corrected chi connectivity index (χ1v) is 8.08. The molecule has 0 radical (unpaired) electrons. The molecule has 0 bridgehead atoms. The average Bonchev–Trinajstić information content (AvgIpc) is 2.63. The number of para-hydroxylation sites is 1. The SMILES string of the molecule is Cc1ccccc1OC(=O)Oc1c2ccccc2cc2ccccc12. The van der Waals surface area contributed by atoms with Gasteiger partial charge in [-0.3, -0.25) is 0 Å². The minimum Gasteiger partial charge on any atom is -0.394 e. The fourth-order valence-corrected chi connectivity index (χ4v) is 2.95. The zero-order valence-electron chi connectivity index (χ0n) is 13.7. The van der Waals surface area contributed by atoms with Gasteiger partial charge in [0, 0.05) is 10.8 Å². The van der Waals surface area contributed by atoms with Crippen molar-refractivity contribution >= 4 is 27.7 Å². The third kappa shape index (κ3) is 2.92. The number of carbonyl (C=O) groups is 1. The summed E-state index contributed by atoms with van der Waals surface area (Å²) in [6.45, 7) is 1.88. The quantitative estimate of drug-likeness (QED) is 0.262. The van der Waals surface area contributed by atoms with Gasteiger partial charge in [-0.05, 0) is 35.4 Å². The number of aryl methyl sites for hydroxylation is 1. The summed E-state index contributed by atoms with van der Waals surface area (Å²) in [6.07, 6.45) is -0.740. The van der Waals surface area contributed by atoms with Gasteiger partial charge >= 0.3 is 6.16 Å². The maximum atomic E-state index is 12.4. The van der Waals surface area contributed by atoms with Gasteiger partial charge in [-0.15, -0.1) is 0 Å². The minimum atomic E-state index is -0.740. The van der Waals surface area contributed by atoms with Crippen LogP contribution >= 0.6 is 0 Å². The van der Waals surface area contributed by atoms with Gasteiger partial charge in [-0.1, -0.05) is 66.7 Å². The third-order valence-corrected chi connectivity index (χ3v) is 4.19. The van der Waals surface area contributed by atoms with Gasteiger partial charge in [0.2, 0.25) is 0 Å². The van der Waals surface area contributed by atoms with Crippen molar-refractivity contribution < 1.29 is 14.3 Å². The van der Waals surface area contributed by atoms with Crippen LogP contribution in [0.2, 0.25) is 0 Å². The third-order valence-electron chi connectivity index (χ3n) is 4.19. The Hall–Kier alpha value is -3.33. The number of hydrogen-bond acceptors (Lipinski definition) is 3. The van der Waals surface area contributed by atoms with E-state index < -0.39 is 6.16 Å². The van der Waals surface area contributed by atoms with Crippen LogP contribution in [-0.4, -0.2) is 6.16 Å². The summed E-state index contributed by atoms with van der Waals surface area (Å²) in [4.78, 5) is 12.4. The maximum absolute atomic E-state index is 12.4. The second kappa shape index (κ2) is 6.29. The Bertz CT molecular complexity index is 1030. The van der Waals surface area contributed by atoms with E-state index in [9.17, 15) is 4.79 Å². The van der Waals surface area contributed by atoms with Crippen LogP contribution in [-0.2, 0) is 0 Å². The van der Waals surface area contributed by atoms with Crippen molar-refractivity contribution in [1.82, 2.24) is 0 Å². The molecule has 3 heteroatoms. The Labute approximate surface area is 145 Å². The topological polar surface area (TPSA) is 35.5 Å². The number of benzene rings is 4. The van der Waals surface area contributed by atoms with Crippen molar-refractivity contribution in [3.63, 3.8) is 0 Å². The summed E-state index contributed by atoms with van der Waals surface area (Å²) >= 11 is 0. The number of carbonyl (C=O) groups excluding carboxylic acids is 1. The van der Waals surface area contributed by atoms with Crippen LogP contribution in [0.5, 0.6) is 11.5 Å². The molecule has 4 aromatic rings. The number of ether oxygens (including phenoxy) is 2. The minimum absolute atomic E-state index is 0.497. The van der Waals surface area contributed by atoms with Crippen molar-refractivity contribution in [3.05, 3.63) is 84.4 Å². The summed E-state index contributed by atoms with van der Waals surface area (Å²) in [7, 11) is 0. The molecule has 4 rings (SSSR count). The van der Waals surface area contributed by atoms with Crippen LogP contribution in [0.25, 0.3) is 21.5 Å². The van der Waals surface area contributed by atoms with E-state index in [4.69, 9.17) is 9.47 Å². The molecule has 0 fully saturated rings. The molecule has 4 aromatic carbocycles. The van der Waals surface area contributed by atoms with E-state index in [-0.39, 0.29) is 0 Å². The smallest absolute Gasteiger partial charge is 0.394 e. The lowest BCUT2D eigenvalue weighted by molar-refractivity contribution is 0.152. The van der Waals surface area contributed by atoms with Crippen LogP contribution in [0.3, 0.4) is 0 Å². The Kier molecular flexibility index (Phi) is 3.82. The lowest BCUT2D eigenvalue weighted by atomic mass is 10.0. The molecule has 0 aliphatic carbocycles. The summed E-state index contributed by atoms with van der Waals surface area (Å²) < 4.78 is 11.0. The Balaban J connectivity index is 1.77. The first kappa shape index (κ1) is 15.2. The highest BCUT2D eigenvalue weighted by molar-refractivity contribution is 6.06. The number of hydrogen-bond donors (Lipinski definition) is 0. The van der Waals surface area contributed by atoms with Crippen molar-refractivity contribution in [1.29, 1.82) is 0 Å². The second-order valence-electron chi connectivity index (χ2n) is 5.87. The highest BCUT2D eigenvalue weighted by atomic mass is 16.7. The molecule has 3 nitrogen and oxygen atoms in total. The predicted octanol–water partition coefficient (Wildman–Crippen LogP) is 5.88. The molecule has 25 heavy (non-hydrogen) atoms. The average molecular weight is 328 g/mol. The molecule has 0 N–H and O–H groups in total. The highest BCUT2D eigenvalue weighted by Crippen LogP contribution is 2.35. The standard InChI is InChI=1S/C22H16O3/c1-15-8-2-7-13-20(15)24-22(23)25-21-18-11-5-3-9-16(18)14-17-10-4-6-12-19(17)21/h2-14H,1H3. The van der Waals surface area contributed by atoms with E-state index in [1.54, 1.807) is 6.07 Å². The monoisotopic (exact) mass is 328 g/mol. The van der Waals surface area contributed by atoms with Crippen molar-refractivity contribution in [2.24, 2.45) is 0 Å². The Morgan fingerprint density at radius 3 is 1.92 bits per heavy atom. The van der Waals surface area contributed by atoms with Crippen molar-refractivity contribution in [2.45, 2.75) is 6.92 Å². The number of fused-ring (bicyclic) bond motifs is 2. The molecular formula is C22H16O3. The number of rotatable bonds is 2. The van der Waals surface area contributed by atoms with Gasteiger partial charge in [0.25, 0.3) is 0 Å². The van der Waals surface area contributed by atoms with Gasteiger partial charge in [0.15, 0.2) is 0 Å². The van der Waals surface area contributed by atoms with E-state index in [0.29, 0.717) is 11.5 Å². The molecule has 0 aliphatic rings. The molecule has 0 heterocycles. The normalized spacial score (nSPS) is 10.8. The second-order valence-corrected chi connectivity index (χ2v) is 5.87. The van der Waals surface area contributed by atoms with Crippen molar-refractivity contribution in [2.75, 3.05) is 0 Å². The van der Waals surface area contributed by atoms with E-state index in [1.807, 2.05) is 73.7 Å².